The fourth-order valence-corrected chi connectivity index (χ4v) is 2.92. The van der Waals surface area contributed by atoms with Crippen molar-refractivity contribution in [1.82, 2.24) is 9.97 Å². The van der Waals surface area contributed by atoms with Crippen LogP contribution in [0.3, 0.4) is 0 Å². The van der Waals surface area contributed by atoms with Crippen molar-refractivity contribution in [3.8, 4) is 11.5 Å². The normalized spacial score (nSPS) is 12.0. The summed E-state index contributed by atoms with van der Waals surface area (Å²) in [6, 6.07) is 2.28. The number of aryl methyl sites for hydroxylation is 1. The predicted octanol–water partition coefficient (Wildman–Crippen LogP) is 1.72. The molecule has 9 nitrogen and oxygen atoms in total. The van der Waals surface area contributed by atoms with Crippen LogP contribution in [0.1, 0.15) is 24.6 Å². The predicted molar refractivity (Wildman–Crippen MR) is 98.7 cm³/mol. The molecule has 0 atom stereocenters. The lowest BCUT2D eigenvalue weighted by molar-refractivity contribution is -0.139. The van der Waals surface area contributed by atoms with Crippen molar-refractivity contribution < 1.29 is 31.1 Å². The zero-order valence-electron chi connectivity index (χ0n) is 15.4. The van der Waals surface area contributed by atoms with Gasteiger partial charge in [-0.2, -0.15) is 18.2 Å². The molecule has 0 unspecified atom stereocenters. The molecule has 0 aliphatic rings. The highest BCUT2D eigenvalue weighted by molar-refractivity contribution is 7.89. The van der Waals surface area contributed by atoms with E-state index >= 15 is 0 Å². The van der Waals surface area contributed by atoms with Crippen LogP contribution >= 0.6 is 0 Å². The summed E-state index contributed by atoms with van der Waals surface area (Å²) in [6.45, 7) is 1.76. The first kappa shape index (κ1) is 22.5. The van der Waals surface area contributed by atoms with Gasteiger partial charge in [-0.25, -0.2) is 18.5 Å². The van der Waals surface area contributed by atoms with E-state index in [4.69, 9.17) is 26.1 Å². The quantitative estimate of drug-likeness (QED) is 0.529. The second-order valence-electron chi connectivity index (χ2n) is 5.85. The van der Waals surface area contributed by atoms with Gasteiger partial charge in [-0.1, -0.05) is 6.92 Å². The van der Waals surface area contributed by atoms with Crippen LogP contribution in [0.25, 0.3) is 0 Å². The minimum absolute atomic E-state index is 0.0117. The molecule has 1 aromatic heterocycles. The largest absolute Gasteiger partial charge is 0.493 e. The van der Waals surface area contributed by atoms with E-state index in [-0.39, 0.29) is 37.2 Å². The standard InChI is InChI=1S/C16H20F3N5O4S/c1-2-11-13(14(20)24-15(21)23-11)28-7-3-6-27-12-5-4-9(29(22,25)26)8-10(12)16(17,18)19/h4-5,8H,2-3,6-7H2,1H3,(H2,22,25,26)(H4,20,21,23,24). The number of hydrogen-bond acceptors (Lipinski definition) is 8. The van der Waals surface area contributed by atoms with Crippen LogP contribution < -0.4 is 26.1 Å². The lowest BCUT2D eigenvalue weighted by Gasteiger charge is -2.15. The zero-order chi connectivity index (χ0) is 21.8. The summed E-state index contributed by atoms with van der Waals surface area (Å²) < 4.78 is 72.8. The number of sulfonamides is 1. The molecule has 29 heavy (non-hydrogen) atoms. The number of rotatable bonds is 8. The molecule has 6 N–H and O–H groups in total. The summed E-state index contributed by atoms with van der Waals surface area (Å²) in [5.74, 6) is -0.185. The summed E-state index contributed by atoms with van der Waals surface area (Å²) >= 11 is 0. The topological polar surface area (TPSA) is 156 Å². The fourth-order valence-electron chi connectivity index (χ4n) is 2.38. The number of anilines is 2. The van der Waals surface area contributed by atoms with Crippen molar-refractivity contribution in [3.63, 3.8) is 0 Å². The molecule has 0 radical (unpaired) electrons. The number of primary sulfonamides is 1. The Kier molecular flexibility index (Phi) is 6.74. The van der Waals surface area contributed by atoms with Gasteiger partial charge in [-0.15, -0.1) is 0 Å². The Morgan fingerprint density at radius 2 is 1.76 bits per heavy atom. The van der Waals surface area contributed by atoms with Crippen LogP contribution in [-0.2, 0) is 22.6 Å². The third-order valence-corrected chi connectivity index (χ3v) is 4.60. The van der Waals surface area contributed by atoms with E-state index in [0.29, 0.717) is 18.2 Å². The molecular weight excluding hydrogens is 415 g/mol. The van der Waals surface area contributed by atoms with Gasteiger partial charge >= 0.3 is 6.18 Å². The summed E-state index contributed by atoms with van der Waals surface area (Å²) in [4.78, 5) is 7.15. The average molecular weight is 435 g/mol. The maximum atomic E-state index is 13.2. The second-order valence-corrected chi connectivity index (χ2v) is 7.41. The molecule has 2 rings (SSSR count). The minimum Gasteiger partial charge on any atom is -0.493 e. The maximum absolute atomic E-state index is 13.2. The third-order valence-electron chi connectivity index (χ3n) is 3.69. The van der Waals surface area contributed by atoms with Crippen molar-refractivity contribution in [2.24, 2.45) is 5.14 Å². The zero-order valence-corrected chi connectivity index (χ0v) is 16.2. The van der Waals surface area contributed by atoms with Gasteiger partial charge in [-0.05, 0) is 24.6 Å². The molecule has 160 valence electrons. The van der Waals surface area contributed by atoms with Crippen LogP contribution in [0.15, 0.2) is 23.1 Å². The molecule has 2 aromatic rings. The smallest absolute Gasteiger partial charge is 0.420 e. The van der Waals surface area contributed by atoms with Gasteiger partial charge in [0.15, 0.2) is 11.6 Å². The highest BCUT2D eigenvalue weighted by atomic mass is 32.2. The lowest BCUT2D eigenvalue weighted by Crippen LogP contribution is -2.16. The van der Waals surface area contributed by atoms with Gasteiger partial charge in [-0.3, -0.25) is 0 Å². The Bertz CT molecular complexity index is 983. The van der Waals surface area contributed by atoms with Crippen molar-refractivity contribution in [3.05, 3.63) is 29.5 Å². The number of ether oxygens (including phenoxy) is 2. The molecule has 0 bridgehead atoms. The molecule has 13 heteroatoms. The number of nitrogens with two attached hydrogens (primary N) is 3. The maximum Gasteiger partial charge on any atom is 0.420 e. The van der Waals surface area contributed by atoms with Crippen LogP contribution in [0.4, 0.5) is 24.9 Å². The molecular formula is C16H20F3N5O4S. The first-order valence-electron chi connectivity index (χ1n) is 8.35. The van der Waals surface area contributed by atoms with Gasteiger partial charge in [0.2, 0.25) is 16.0 Å². The summed E-state index contributed by atoms with van der Waals surface area (Å²) in [5, 5.41) is 4.88. The van der Waals surface area contributed by atoms with Crippen molar-refractivity contribution in [1.29, 1.82) is 0 Å². The van der Waals surface area contributed by atoms with Crippen LogP contribution in [0.2, 0.25) is 0 Å². The van der Waals surface area contributed by atoms with Gasteiger partial charge in [0.05, 0.1) is 29.4 Å². The number of nitrogen functional groups attached to an aromatic ring is 2. The molecule has 0 spiro atoms. The Morgan fingerprint density at radius 1 is 1.10 bits per heavy atom. The average Bonchev–Trinajstić information content (AvgIpc) is 2.60. The van der Waals surface area contributed by atoms with Gasteiger partial charge < -0.3 is 20.9 Å². The van der Waals surface area contributed by atoms with Gasteiger partial charge in [0, 0.05) is 6.42 Å². The van der Waals surface area contributed by atoms with E-state index < -0.39 is 32.4 Å². The number of benzene rings is 1. The van der Waals surface area contributed by atoms with Crippen molar-refractivity contribution >= 4 is 21.8 Å². The molecule has 1 aromatic carbocycles. The number of aromatic nitrogens is 2. The first-order chi connectivity index (χ1) is 13.4. The monoisotopic (exact) mass is 435 g/mol. The molecule has 0 aliphatic heterocycles. The lowest BCUT2D eigenvalue weighted by atomic mass is 10.2. The Labute approximate surface area is 165 Å². The molecule has 0 amide bonds. The molecule has 0 aliphatic carbocycles. The van der Waals surface area contributed by atoms with Crippen molar-refractivity contribution in [2.75, 3.05) is 24.7 Å². The van der Waals surface area contributed by atoms with Crippen LogP contribution in [0, 0.1) is 0 Å². The SMILES string of the molecule is CCc1nc(N)nc(N)c1OCCCOc1ccc(S(N)(=O)=O)cc1C(F)(F)F. The summed E-state index contributed by atoms with van der Waals surface area (Å²) in [7, 11) is -4.28. The minimum atomic E-state index is -4.82. The Balaban J connectivity index is 2.03. The van der Waals surface area contributed by atoms with E-state index in [0.717, 1.165) is 12.1 Å². The second kappa shape index (κ2) is 8.69. The van der Waals surface area contributed by atoms with E-state index in [1.54, 1.807) is 0 Å². The van der Waals surface area contributed by atoms with Crippen LogP contribution in [0.5, 0.6) is 11.5 Å². The Hall–Kier alpha value is -2.80. The van der Waals surface area contributed by atoms with E-state index in [9.17, 15) is 21.6 Å². The van der Waals surface area contributed by atoms with E-state index in [2.05, 4.69) is 9.97 Å². The highest BCUT2D eigenvalue weighted by Gasteiger charge is 2.35. The van der Waals surface area contributed by atoms with Crippen LogP contribution in [-0.4, -0.2) is 31.6 Å². The van der Waals surface area contributed by atoms with Gasteiger partial charge in [0.1, 0.15) is 5.75 Å². The molecule has 1 heterocycles. The highest BCUT2D eigenvalue weighted by Crippen LogP contribution is 2.37. The number of nitrogens with zero attached hydrogens (tertiary/aromatic N) is 2. The summed E-state index contributed by atoms with van der Waals surface area (Å²) in [5.41, 5.74) is 10.5. The molecule has 0 saturated heterocycles. The summed E-state index contributed by atoms with van der Waals surface area (Å²) in [6.07, 6.45) is -4.12. The third kappa shape index (κ3) is 5.84. The molecule has 0 saturated carbocycles. The number of hydrogen-bond donors (Lipinski definition) is 3. The fraction of sp³-hybridized carbons (Fsp3) is 0.375. The number of alkyl halides is 3. The van der Waals surface area contributed by atoms with Gasteiger partial charge in [0.25, 0.3) is 0 Å². The first-order valence-corrected chi connectivity index (χ1v) is 9.89. The van der Waals surface area contributed by atoms with Crippen molar-refractivity contribution in [2.45, 2.75) is 30.8 Å². The van der Waals surface area contributed by atoms with E-state index in [1.807, 2.05) is 6.92 Å². The number of halogens is 3. The Morgan fingerprint density at radius 3 is 2.34 bits per heavy atom. The molecule has 0 fully saturated rings. The van der Waals surface area contributed by atoms with E-state index in [1.165, 1.54) is 0 Å².